The number of nitrogens with one attached hydrogen (secondary N) is 2. The summed E-state index contributed by atoms with van der Waals surface area (Å²) in [4.78, 5) is 0.712. The summed E-state index contributed by atoms with van der Waals surface area (Å²) >= 11 is 5.64. The molecule has 1 unspecified atom stereocenters. The van der Waals surface area contributed by atoms with Crippen LogP contribution in [0, 0.1) is 0 Å². The fraction of sp³-hybridized carbons (Fsp3) is 0.250. The summed E-state index contributed by atoms with van der Waals surface area (Å²) in [7, 11) is -1.24. The van der Waals surface area contributed by atoms with E-state index in [1.807, 2.05) is 60.7 Å². The normalized spacial score (nSPS) is 12.8. The molecule has 0 saturated heterocycles. The zero-order valence-corrected chi connectivity index (χ0v) is 21.4. The fourth-order valence-corrected chi connectivity index (χ4v) is 5.04. The molecule has 0 radical (unpaired) electrons. The predicted molar refractivity (Wildman–Crippen MR) is 147 cm³/mol. The van der Waals surface area contributed by atoms with Crippen molar-refractivity contribution in [1.82, 2.24) is 5.32 Å². The number of para-hydroxylation sites is 1. The standard InChI is InChI=1S/C28H32N2OS2/c1-5-22-17-12-18-24(28(2,3)4)26(22)30-27(32)29-19-25(23-15-10-7-11-16-23)33(31)20-21-13-8-6-9-14-21/h6-19H,5,20H2,1-4H3,(H2,29,30,32)/b25-19+. The average Bonchev–Trinajstić information content (AvgIpc) is 2.80. The Labute approximate surface area is 205 Å². The third kappa shape index (κ3) is 6.86. The third-order valence-electron chi connectivity index (χ3n) is 5.36. The molecule has 172 valence electrons. The highest BCUT2D eigenvalue weighted by atomic mass is 32.2. The molecule has 5 heteroatoms. The summed E-state index contributed by atoms with van der Waals surface area (Å²) in [5.74, 6) is 0.441. The lowest BCUT2D eigenvalue weighted by atomic mass is 9.84. The quantitative estimate of drug-likeness (QED) is 0.369. The van der Waals surface area contributed by atoms with Crippen LogP contribution in [0.1, 0.15) is 49.9 Å². The maximum absolute atomic E-state index is 13.3. The van der Waals surface area contributed by atoms with E-state index in [2.05, 4.69) is 56.5 Å². The molecule has 0 saturated carbocycles. The van der Waals surface area contributed by atoms with Crippen molar-refractivity contribution in [3.8, 4) is 0 Å². The fourth-order valence-electron chi connectivity index (χ4n) is 3.63. The van der Waals surface area contributed by atoms with Crippen molar-refractivity contribution in [2.45, 2.75) is 45.3 Å². The van der Waals surface area contributed by atoms with Gasteiger partial charge >= 0.3 is 0 Å². The number of anilines is 1. The highest BCUT2D eigenvalue weighted by Gasteiger charge is 2.20. The average molecular weight is 477 g/mol. The first-order chi connectivity index (χ1) is 15.8. The number of rotatable bonds is 7. The van der Waals surface area contributed by atoms with Crippen molar-refractivity contribution in [2.75, 3.05) is 5.32 Å². The van der Waals surface area contributed by atoms with Gasteiger partial charge in [-0.2, -0.15) is 0 Å². The van der Waals surface area contributed by atoms with Crippen LogP contribution in [0.3, 0.4) is 0 Å². The first-order valence-electron chi connectivity index (χ1n) is 11.2. The molecule has 0 fully saturated rings. The van der Waals surface area contributed by atoms with Gasteiger partial charge in [0.15, 0.2) is 5.11 Å². The van der Waals surface area contributed by atoms with Crippen molar-refractivity contribution in [3.63, 3.8) is 0 Å². The molecule has 0 bridgehead atoms. The second-order valence-corrected chi connectivity index (χ2v) is 10.7. The zero-order chi connectivity index (χ0) is 23.8. The summed E-state index contributed by atoms with van der Waals surface area (Å²) in [6, 6.07) is 26.1. The van der Waals surface area contributed by atoms with Gasteiger partial charge in [-0.25, -0.2) is 0 Å². The number of aryl methyl sites for hydroxylation is 1. The molecule has 3 aromatic rings. The van der Waals surface area contributed by atoms with E-state index in [-0.39, 0.29) is 5.41 Å². The molecule has 3 nitrogen and oxygen atoms in total. The Morgan fingerprint density at radius 1 is 0.939 bits per heavy atom. The van der Waals surface area contributed by atoms with Gasteiger partial charge in [0.05, 0.1) is 21.5 Å². The molecule has 33 heavy (non-hydrogen) atoms. The van der Waals surface area contributed by atoms with E-state index >= 15 is 0 Å². The van der Waals surface area contributed by atoms with Gasteiger partial charge < -0.3 is 10.6 Å². The maximum atomic E-state index is 13.3. The summed E-state index contributed by atoms with van der Waals surface area (Å²) in [6.45, 7) is 8.74. The van der Waals surface area contributed by atoms with Crippen LogP contribution in [0.4, 0.5) is 5.69 Å². The molecule has 3 rings (SSSR count). The zero-order valence-electron chi connectivity index (χ0n) is 19.7. The second kappa shape index (κ2) is 11.4. The summed E-state index contributed by atoms with van der Waals surface area (Å²) < 4.78 is 13.3. The van der Waals surface area contributed by atoms with Gasteiger partial charge in [0, 0.05) is 11.9 Å². The Hall–Kier alpha value is -2.76. The minimum Gasteiger partial charge on any atom is -0.338 e. The summed E-state index contributed by atoms with van der Waals surface area (Å²) in [5, 5.41) is 7.08. The Morgan fingerprint density at radius 3 is 2.18 bits per heavy atom. The van der Waals surface area contributed by atoms with E-state index in [9.17, 15) is 4.21 Å². The lowest BCUT2D eigenvalue weighted by molar-refractivity contribution is 0.591. The third-order valence-corrected chi connectivity index (χ3v) is 7.02. The molecule has 0 aliphatic rings. The van der Waals surface area contributed by atoms with Gasteiger partial charge in [-0.15, -0.1) is 0 Å². The smallest absolute Gasteiger partial charge is 0.174 e. The predicted octanol–water partition coefficient (Wildman–Crippen LogP) is 6.78. The van der Waals surface area contributed by atoms with Gasteiger partial charge in [-0.05, 0) is 46.3 Å². The van der Waals surface area contributed by atoms with Crippen molar-refractivity contribution < 1.29 is 4.21 Å². The van der Waals surface area contributed by atoms with Crippen LogP contribution in [-0.4, -0.2) is 9.32 Å². The van der Waals surface area contributed by atoms with Crippen LogP contribution in [0.2, 0.25) is 0 Å². The van der Waals surface area contributed by atoms with Gasteiger partial charge in [-0.1, -0.05) is 107 Å². The minimum absolute atomic E-state index is 0.0225. The molecular formula is C28H32N2OS2. The molecule has 0 aliphatic heterocycles. The molecular weight excluding hydrogens is 444 g/mol. The molecule has 0 amide bonds. The van der Waals surface area contributed by atoms with Crippen molar-refractivity contribution >= 4 is 38.7 Å². The molecule has 0 heterocycles. The number of hydrogen-bond acceptors (Lipinski definition) is 2. The van der Waals surface area contributed by atoms with Crippen LogP contribution in [0.15, 0.2) is 85.1 Å². The molecule has 1 atom stereocenters. The van der Waals surface area contributed by atoms with E-state index in [0.29, 0.717) is 15.8 Å². The minimum atomic E-state index is -1.24. The number of thiocarbonyl (C=S) groups is 1. The summed E-state index contributed by atoms with van der Waals surface area (Å²) in [5.41, 5.74) is 5.39. The van der Waals surface area contributed by atoms with E-state index in [1.165, 1.54) is 11.1 Å². The van der Waals surface area contributed by atoms with E-state index < -0.39 is 10.8 Å². The van der Waals surface area contributed by atoms with Crippen LogP contribution >= 0.6 is 12.2 Å². The van der Waals surface area contributed by atoms with Crippen LogP contribution in [0.5, 0.6) is 0 Å². The SMILES string of the molecule is CCc1cccc(C(C)(C)C)c1NC(=S)N/C=C(\c1ccccc1)S(=O)Cc1ccccc1. The van der Waals surface area contributed by atoms with Gasteiger partial charge in [-0.3, -0.25) is 4.21 Å². The highest BCUT2D eigenvalue weighted by molar-refractivity contribution is 7.93. The lowest BCUT2D eigenvalue weighted by Gasteiger charge is -2.25. The van der Waals surface area contributed by atoms with Gasteiger partial charge in [0.1, 0.15) is 0 Å². The highest BCUT2D eigenvalue weighted by Crippen LogP contribution is 2.32. The van der Waals surface area contributed by atoms with Crippen molar-refractivity contribution in [1.29, 1.82) is 0 Å². The van der Waals surface area contributed by atoms with E-state index in [0.717, 1.165) is 23.2 Å². The Kier molecular flexibility index (Phi) is 8.59. The van der Waals surface area contributed by atoms with E-state index in [4.69, 9.17) is 12.2 Å². The van der Waals surface area contributed by atoms with Crippen LogP contribution < -0.4 is 10.6 Å². The molecule has 0 spiro atoms. The topological polar surface area (TPSA) is 41.1 Å². The maximum Gasteiger partial charge on any atom is 0.174 e. The van der Waals surface area contributed by atoms with E-state index in [1.54, 1.807) is 6.20 Å². The second-order valence-electron chi connectivity index (χ2n) is 8.89. The Balaban J connectivity index is 1.85. The van der Waals surface area contributed by atoms with Crippen LogP contribution in [0.25, 0.3) is 4.91 Å². The number of hydrogen-bond donors (Lipinski definition) is 2. The monoisotopic (exact) mass is 476 g/mol. The Morgan fingerprint density at radius 2 is 1.58 bits per heavy atom. The first-order valence-corrected chi connectivity index (χ1v) is 12.9. The van der Waals surface area contributed by atoms with Gasteiger partial charge in [0.2, 0.25) is 0 Å². The largest absolute Gasteiger partial charge is 0.338 e. The van der Waals surface area contributed by atoms with Crippen molar-refractivity contribution in [3.05, 3.63) is 107 Å². The van der Waals surface area contributed by atoms with Gasteiger partial charge in [0.25, 0.3) is 0 Å². The lowest BCUT2D eigenvalue weighted by Crippen LogP contribution is -2.27. The molecule has 0 aromatic heterocycles. The number of benzene rings is 3. The molecule has 3 aromatic carbocycles. The molecule has 0 aliphatic carbocycles. The summed E-state index contributed by atoms with van der Waals surface area (Å²) in [6.07, 6.45) is 2.68. The molecule has 2 N–H and O–H groups in total. The first kappa shape index (κ1) is 24.9. The van der Waals surface area contributed by atoms with Crippen molar-refractivity contribution in [2.24, 2.45) is 0 Å². The van der Waals surface area contributed by atoms with Crippen LogP contribution in [-0.2, 0) is 28.4 Å². The Bertz CT molecular complexity index is 1130.